The van der Waals surface area contributed by atoms with Gasteiger partial charge in [0.15, 0.2) is 0 Å². The lowest BCUT2D eigenvalue weighted by Gasteiger charge is -2.28. The van der Waals surface area contributed by atoms with Crippen molar-refractivity contribution >= 4 is 17.6 Å². The van der Waals surface area contributed by atoms with E-state index in [0.29, 0.717) is 24.4 Å². The Morgan fingerprint density at radius 1 is 0.941 bits per heavy atom. The lowest BCUT2D eigenvalue weighted by atomic mass is 9.82. The topological polar surface area (TPSA) is 64.3 Å². The van der Waals surface area contributed by atoms with Gasteiger partial charge in [0.05, 0.1) is 6.61 Å². The highest BCUT2D eigenvalue weighted by molar-refractivity contribution is 6.30. The molecule has 6 heteroatoms. The van der Waals surface area contributed by atoms with Gasteiger partial charge in [-0.25, -0.2) is 4.79 Å². The number of carbonyl (C=O) groups is 1. The summed E-state index contributed by atoms with van der Waals surface area (Å²) >= 11 is 6.20. The number of hydrogen-bond donors (Lipinski definition) is 1. The zero-order valence-corrected chi connectivity index (χ0v) is 20.1. The molecule has 178 valence electrons. The standard InChI is InChI=1S/C28H31ClN2O3/c29-24-14-12-21(13-15-24)26-27(22-4-2-1-3-5-22)30-31(28(26)23-10-11-23)16-19-6-8-20(9-7-19)17-34-18-25(32)33/h1-5,12-15,19-20,23H,6-11,16-18H2,(H,32,33)/t19-,20+. The maximum Gasteiger partial charge on any atom is 0.329 e. The Hall–Kier alpha value is -2.63. The van der Waals surface area contributed by atoms with E-state index in [2.05, 4.69) is 41.1 Å². The first-order chi connectivity index (χ1) is 16.6. The summed E-state index contributed by atoms with van der Waals surface area (Å²) < 4.78 is 7.65. The van der Waals surface area contributed by atoms with Gasteiger partial charge in [-0.3, -0.25) is 4.68 Å². The molecule has 1 N–H and O–H groups in total. The number of hydrogen-bond acceptors (Lipinski definition) is 3. The molecule has 0 bridgehead atoms. The number of nitrogens with zero attached hydrogens (tertiary/aromatic N) is 2. The van der Waals surface area contributed by atoms with Crippen LogP contribution in [0.5, 0.6) is 0 Å². The van der Waals surface area contributed by atoms with Crippen molar-refractivity contribution in [1.29, 1.82) is 0 Å². The van der Waals surface area contributed by atoms with Crippen molar-refractivity contribution < 1.29 is 14.6 Å². The molecule has 1 aromatic heterocycles. The van der Waals surface area contributed by atoms with Crippen molar-refractivity contribution in [3.8, 4) is 22.4 Å². The molecule has 3 aromatic rings. The Balaban J connectivity index is 1.40. The Labute approximate surface area is 205 Å². The van der Waals surface area contributed by atoms with Crippen LogP contribution in [0, 0.1) is 11.8 Å². The summed E-state index contributed by atoms with van der Waals surface area (Å²) in [6, 6.07) is 18.6. The van der Waals surface area contributed by atoms with Crippen molar-refractivity contribution in [2.75, 3.05) is 13.2 Å². The minimum Gasteiger partial charge on any atom is -0.480 e. The second-order valence-electron chi connectivity index (χ2n) is 9.73. The fourth-order valence-corrected chi connectivity index (χ4v) is 5.35. The number of aromatic nitrogens is 2. The molecular formula is C28H31ClN2O3. The van der Waals surface area contributed by atoms with E-state index in [0.717, 1.165) is 48.5 Å². The molecule has 2 aliphatic carbocycles. The number of halogens is 1. The molecule has 0 amide bonds. The van der Waals surface area contributed by atoms with Crippen LogP contribution in [-0.4, -0.2) is 34.1 Å². The zero-order valence-electron chi connectivity index (χ0n) is 19.3. The van der Waals surface area contributed by atoms with E-state index in [1.165, 1.54) is 29.7 Å². The van der Waals surface area contributed by atoms with Crippen LogP contribution in [0.2, 0.25) is 5.02 Å². The zero-order chi connectivity index (χ0) is 23.5. The third-order valence-corrected chi connectivity index (χ3v) is 7.36. The van der Waals surface area contributed by atoms with Gasteiger partial charge in [0.25, 0.3) is 0 Å². The number of carboxylic acids is 1. The number of carboxylic acid groups (broad SMARTS) is 1. The van der Waals surface area contributed by atoms with E-state index in [-0.39, 0.29) is 6.61 Å². The lowest BCUT2D eigenvalue weighted by Crippen LogP contribution is -2.23. The van der Waals surface area contributed by atoms with Crippen molar-refractivity contribution in [1.82, 2.24) is 9.78 Å². The van der Waals surface area contributed by atoms with E-state index in [1.807, 2.05) is 18.2 Å². The lowest BCUT2D eigenvalue weighted by molar-refractivity contribution is -0.142. The fraction of sp³-hybridized carbons (Fsp3) is 0.429. The molecule has 0 aliphatic heterocycles. The van der Waals surface area contributed by atoms with Crippen LogP contribution in [0.3, 0.4) is 0 Å². The minimum absolute atomic E-state index is 0.201. The van der Waals surface area contributed by atoms with E-state index in [1.54, 1.807) is 0 Å². The van der Waals surface area contributed by atoms with Crippen molar-refractivity contribution in [2.45, 2.75) is 51.0 Å². The second-order valence-corrected chi connectivity index (χ2v) is 10.2. The molecule has 0 unspecified atom stereocenters. The molecular weight excluding hydrogens is 448 g/mol. The predicted octanol–water partition coefficient (Wildman–Crippen LogP) is 6.66. The molecule has 2 aliphatic rings. The summed E-state index contributed by atoms with van der Waals surface area (Å²) in [5.41, 5.74) is 6.00. The molecule has 0 atom stereocenters. The third kappa shape index (κ3) is 5.37. The summed E-state index contributed by atoms with van der Waals surface area (Å²) in [7, 11) is 0. The first kappa shape index (κ1) is 23.1. The largest absolute Gasteiger partial charge is 0.480 e. The van der Waals surface area contributed by atoms with Gasteiger partial charge >= 0.3 is 5.97 Å². The maximum atomic E-state index is 10.7. The molecule has 0 saturated heterocycles. The van der Waals surface area contributed by atoms with Gasteiger partial charge in [0.1, 0.15) is 12.3 Å². The van der Waals surface area contributed by atoms with Crippen LogP contribution in [0.25, 0.3) is 22.4 Å². The number of ether oxygens (including phenoxy) is 1. The fourth-order valence-electron chi connectivity index (χ4n) is 5.22. The Bertz CT molecular complexity index is 1110. The van der Waals surface area contributed by atoms with Gasteiger partial charge in [-0.2, -0.15) is 5.10 Å². The third-order valence-electron chi connectivity index (χ3n) is 7.11. The van der Waals surface area contributed by atoms with E-state index in [9.17, 15) is 4.79 Å². The van der Waals surface area contributed by atoms with E-state index >= 15 is 0 Å². The van der Waals surface area contributed by atoms with Gasteiger partial charge < -0.3 is 9.84 Å². The van der Waals surface area contributed by atoms with Crippen molar-refractivity contribution in [3.05, 3.63) is 65.3 Å². The first-order valence-electron chi connectivity index (χ1n) is 12.3. The van der Waals surface area contributed by atoms with Crippen LogP contribution in [0.15, 0.2) is 54.6 Å². The summed E-state index contributed by atoms with van der Waals surface area (Å²) in [5, 5.41) is 14.7. The van der Waals surface area contributed by atoms with Gasteiger partial charge in [-0.05, 0) is 68.1 Å². The quantitative estimate of drug-likeness (QED) is 0.373. The molecule has 34 heavy (non-hydrogen) atoms. The highest BCUT2D eigenvalue weighted by atomic mass is 35.5. The predicted molar refractivity (Wildman–Crippen MR) is 134 cm³/mol. The molecule has 2 saturated carbocycles. The first-order valence-corrected chi connectivity index (χ1v) is 12.7. The molecule has 5 rings (SSSR count). The van der Waals surface area contributed by atoms with Gasteiger partial charge in [0, 0.05) is 34.3 Å². The molecule has 5 nitrogen and oxygen atoms in total. The summed E-state index contributed by atoms with van der Waals surface area (Å²) in [5.74, 6) is 0.706. The molecule has 2 aromatic carbocycles. The van der Waals surface area contributed by atoms with Crippen LogP contribution >= 0.6 is 11.6 Å². The highest BCUT2D eigenvalue weighted by Crippen LogP contribution is 2.48. The van der Waals surface area contributed by atoms with Crippen LogP contribution in [0.4, 0.5) is 0 Å². The number of rotatable bonds is 9. The van der Waals surface area contributed by atoms with Crippen molar-refractivity contribution in [3.63, 3.8) is 0 Å². The van der Waals surface area contributed by atoms with Gasteiger partial charge in [-0.1, -0.05) is 54.1 Å². The Morgan fingerprint density at radius 3 is 2.26 bits per heavy atom. The molecule has 0 radical (unpaired) electrons. The minimum atomic E-state index is -0.898. The average Bonchev–Trinajstić information content (AvgIpc) is 3.62. The van der Waals surface area contributed by atoms with Gasteiger partial charge in [0.2, 0.25) is 0 Å². The smallest absolute Gasteiger partial charge is 0.329 e. The maximum absolute atomic E-state index is 10.7. The summed E-state index contributed by atoms with van der Waals surface area (Å²) in [6.45, 7) is 1.28. The van der Waals surface area contributed by atoms with Crippen LogP contribution < -0.4 is 0 Å². The normalized spacial score (nSPS) is 20.4. The van der Waals surface area contributed by atoms with Crippen LogP contribution in [0.1, 0.15) is 50.1 Å². The van der Waals surface area contributed by atoms with E-state index < -0.39 is 5.97 Å². The number of aliphatic carboxylic acids is 1. The van der Waals surface area contributed by atoms with Gasteiger partial charge in [-0.15, -0.1) is 0 Å². The highest BCUT2D eigenvalue weighted by Gasteiger charge is 2.34. The Kier molecular flexibility index (Phi) is 7.02. The average molecular weight is 479 g/mol. The van der Waals surface area contributed by atoms with Crippen LogP contribution in [-0.2, 0) is 16.1 Å². The molecule has 1 heterocycles. The SMILES string of the molecule is O=C(O)COC[C@H]1CC[C@@H](Cn2nc(-c3ccccc3)c(-c3ccc(Cl)cc3)c2C2CC2)CC1. The van der Waals surface area contributed by atoms with Crippen molar-refractivity contribution in [2.24, 2.45) is 11.8 Å². The molecule has 2 fully saturated rings. The molecule has 0 spiro atoms. The second kappa shape index (κ2) is 10.3. The summed E-state index contributed by atoms with van der Waals surface area (Å²) in [6.07, 6.45) is 6.85. The van der Waals surface area contributed by atoms with E-state index in [4.69, 9.17) is 26.5 Å². The summed E-state index contributed by atoms with van der Waals surface area (Å²) in [4.78, 5) is 10.7. The number of benzene rings is 2. The Morgan fingerprint density at radius 2 is 1.62 bits per heavy atom. The monoisotopic (exact) mass is 478 g/mol.